The lowest BCUT2D eigenvalue weighted by molar-refractivity contribution is 0.170. The van der Waals surface area contributed by atoms with Gasteiger partial charge in [0.25, 0.3) is 17.7 Å². The van der Waals surface area contributed by atoms with Crippen molar-refractivity contribution in [3.8, 4) is 17.2 Å². The quantitative estimate of drug-likeness (QED) is 0.0737. The molecular weight excluding hydrogens is 859 g/mol. The van der Waals surface area contributed by atoms with Crippen LogP contribution in [0.3, 0.4) is 0 Å². The van der Waals surface area contributed by atoms with Gasteiger partial charge in [0.15, 0.2) is 0 Å². The van der Waals surface area contributed by atoms with E-state index < -0.39 is 52.3 Å². The average molecular weight is 904 g/mol. The van der Waals surface area contributed by atoms with Gasteiger partial charge in [-0.05, 0) is 53.7 Å². The molecule has 3 N–H and O–H groups in total. The summed E-state index contributed by atoms with van der Waals surface area (Å²) in [4.78, 5) is 81.2. The fourth-order valence-electron chi connectivity index (χ4n) is 8.00. The molecule has 1 aliphatic carbocycles. The maximum atomic E-state index is 13.2. The molecule has 0 bridgehead atoms. The second-order valence-corrected chi connectivity index (χ2v) is 15.6. The van der Waals surface area contributed by atoms with Crippen LogP contribution in [-0.2, 0) is 19.8 Å². The number of ether oxygens (including phenoxy) is 3. The Balaban J connectivity index is 1.21. The van der Waals surface area contributed by atoms with Crippen LogP contribution in [0, 0.1) is 17.8 Å². The maximum absolute atomic E-state index is 13.2. The number of amides is 3. The molecule has 342 valence electrons. The van der Waals surface area contributed by atoms with Crippen LogP contribution in [0.4, 0.5) is 32.0 Å². The molecule has 0 aliphatic heterocycles. The lowest BCUT2D eigenvalue weighted by atomic mass is 9.74. The topological polar surface area (TPSA) is 240 Å². The van der Waals surface area contributed by atoms with Gasteiger partial charge in [-0.3, -0.25) is 14.4 Å². The first-order valence-corrected chi connectivity index (χ1v) is 20.8. The van der Waals surface area contributed by atoms with E-state index in [1.165, 1.54) is 0 Å². The number of anilines is 3. The SMILES string of the molecule is O=C(O)N(CC1CC(CN(C(=O)O)c2occc(=O)c2OCc2ccccc2)CC(CN(C(=O)O)c2occc(=O)c2OCc2ccccc2)C1)c1occc(=O)c1OCc1ccccc1. The molecule has 7 rings (SSSR count). The van der Waals surface area contributed by atoms with E-state index in [4.69, 9.17) is 27.5 Å². The summed E-state index contributed by atoms with van der Waals surface area (Å²) in [5.41, 5.74) is 0.165. The minimum Gasteiger partial charge on any atom is -0.480 e. The highest BCUT2D eigenvalue weighted by molar-refractivity contribution is 5.87. The van der Waals surface area contributed by atoms with Crippen LogP contribution in [0.1, 0.15) is 36.0 Å². The van der Waals surface area contributed by atoms with Crippen molar-refractivity contribution in [2.24, 2.45) is 17.8 Å². The predicted molar refractivity (Wildman–Crippen MR) is 238 cm³/mol. The van der Waals surface area contributed by atoms with E-state index in [9.17, 15) is 44.1 Å². The summed E-state index contributed by atoms with van der Waals surface area (Å²) < 4.78 is 34.5. The monoisotopic (exact) mass is 903 g/mol. The molecule has 1 fully saturated rings. The first-order chi connectivity index (χ1) is 31.9. The Hall–Kier alpha value is -8.28. The molecule has 3 heterocycles. The van der Waals surface area contributed by atoms with Crippen molar-refractivity contribution >= 4 is 35.9 Å². The highest BCUT2D eigenvalue weighted by Gasteiger charge is 2.38. The summed E-state index contributed by atoms with van der Waals surface area (Å²) in [6, 6.07) is 29.9. The summed E-state index contributed by atoms with van der Waals surface area (Å²) >= 11 is 0. The normalized spacial score (nSPS) is 15.5. The third kappa shape index (κ3) is 11.4. The number of carbonyl (C=O) groups is 3. The van der Waals surface area contributed by atoms with Gasteiger partial charge in [0.2, 0.25) is 33.5 Å². The zero-order valence-corrected chi connectivity index (χ0v) is 35.3. The summed E-state index contributed by atoms with van der Waals surface area (Å²) in [5.74, 6) is -4.15. The summed E-state index contributed by atoms with van der Waals surface area (Å²) in [6.07, 6.45) is -0.867. The van der Waals surface area contributed by atoms with E-state index >= 15 is 0 Å². The molecule has 0 unspecified atom stereocenters. The second kappa shape index (κ2) is 21.4. The maximum Gasteiger partial charge on any atom is 0.414 e. The van der Waals surface area contributed by atoms with Crippen molar-refractivity contribution < 1.29 is 57.2 Å². The van der Waals surface area contributed by atoms with Crippen LogP contribution in [0.15, 0.2) is 156 Å². The molecule has 18 nitrogen and oxygen atoms in total. The molecule has 0 spiro atoms. The molecule has 3 aromatic heterocycles. The van der Waals surface area contributed by atoms with Gasteiger partial charge in [-0.1, -0.05) is 91.0 Å². The Morgan fingerprint density at radius 3 is 0.939 bits per heavy atom. The van der Waals surface area contributed by atoms with Crippen molar-refractivity contribution in [2.75, 3.05) is 34.3 Å². The Bertz CT molecular complexity index is 2470. The minimum atomic E-state index is -1.50. The number of rotatable bonds is 18. The number of benzene rings is 3. The van der Waals surface area contributed by atoms with Gasteiger partial charge in [0.1, 0.15) is 19.8 Å². The van der Waals surface area contributed by atoms with Crippen LogP contribution in [0.5, 0.6) is 17.2 Å². The van der Waals surface area contributed by atoms with Crippen molar-refractivity contribution in [2.45, 2.75) is 39.1 Å². The first-order valence-electron chi connectivity index (χ1n) is 20.8. The molecule has 0 saturated heterocycles. The van der Waals surface area contributed by atoms with Gasteiger partial charge in [-0.15, -0.1) is 0 Å². The first kappa shape index (κ1) is 45.7. The van der Waals surface area contributed by atoms with Gasteiger partial charge >= 0.3 is 18.3 Å². The molecule has 0 atom stereocenters. The number of carboxylic acid groups (broad SMARTS) is 3. The van der Waals surface area contributed by atoms with E-state index in [1.54, 1.807) is 91.0 Å². The smallest absolute Gasteiger partial charge is 0.414 e. The zero-order chi connectivity index (χ0) is 46.6. The molecule has 0 radical (unpaired) electrons. The number of nitrogens with zero attached hydrogens (tertiary/aromatic N) is 3. The zero-order valence-electron chi connectivity index (χ0n) is 35.3. The van der Waals surface area contributed by atoms with E-state index in [2.05, 4.69) is 0 Å². The van der Waals surface area contributed by atoms with E-state index in [0.717, 1.165) is 51.7 Å². The highest BCUT2D eigenvalue weighted by Crippen LogP contribution is 2.40. The average Bonchev–Trinajstić information content (AvgIpc) is 3.31. The Kier molecular flexibility index (Phi) is 14.8. The minimum absolute atomic E-state index is 0.0843. The fourth-order valence-corrected chi connectivity index (χ4v) is 8.00. The second-order valence-electron chi connectivity index (χ2n) is 15.6. The van der Waals surface area contributed by atoms with Crippen LogP contribution < -0.4 is 45.2 Å². The summed E-state index contributed by atoms with van der Waals surface area (Å²) in [5, 5.41) is 31.9. The standard InChI is InChI=1S/C48H45N3O15/c52-37-16-19-61-43(40(37)64-28-31-10-4-1-5-11-31)49(46(55)56)25-34-22-35(26-50(47(57)58)44-41(38(53)17-20-62-44)65-29-32-12-6-2-7-13-32)24-36(23-34)27-51(48(59)60)45-42(39(54)18-21-63-45)66-30-33-14-8-3-9-15-33/h1-21,34-36H,22-30H2,(H,55,56)(H,57,58)(H,59,60). The molecule has 1 aliphatic rings. The van der Waals surface area contributed by atoms with Crippen LogP contribution in [0.2, 0.25) is 0 Å². The fraction of sp³-hybridized carbons (Fsp3) is 0.250. The molecule has 3 aromatic carbocycles. The largest absolute Gasteiger partial charge is 0.480 e. The third-order valence-electron chi connectivity index (χ3n) is 10.9. The van der Waals surface area contributed by atoms with Crippen molar-refractivity contribution in [1.29, 1.82) is 0 Å². The summed E-state index contributed by atoms with van der Waals surface area (Å²) in [7, 11) is 0. The van der Waals surface area contributed by atoms with Gasteiger partial charge in [-0.2, -0.15) is 0 Å². The van der Waals surface area contributed by atoms with Crippen LogP contribution in [-0.4, -0.2) is 53.2 Å². The van der Waals surface area contributed by atoms with Crippen LogP contribution >= 0.6 is 0 Å². The van der Waals surface area contributed by atoms with Crippen molar-refractivity contribution in [3.63, 3.8) is 0 Å². The molecule has 66 heavy (non-hydrogen) atoms. The van der Waals surface area contributed by atoms with Gasteiger partial charge < -0.3 is 42.8 Å². The molecule has 6 aromatic rings. The van der Waals surface area contributed by atoms with Gasteiger partial charge in [0, 0.05) is 37.8 Å². The highest BCUT2D eigenvalue weighted by atomic mass is 16.5. The molecular formula is C48H45N3O15. The number of hydrogen-bond donors (Lipinski definition) is 3. The molecule has 1 saturated carbocycles. The van der Waals surface area contributed by atoms with Gasteiger partial charge in [-0.25, -0.2) is 29.1 Å². The van der Waals surface area contributed by atoms with E-state index in [-0.39, 0.29) is 93.6 Å². The predicted octanol–water partition coefficient (Wildman–Crippen LogP) is 8.17. The van der Waals surface area contributed by atoms with Gasteiger partial charge in [0.05, 0.1) is 18.8 Å². The van der Waals surface area contributed by atoms with Crippen molar-refractivity contribution in [3.05, 3.63) is 175 Å². The van der Waals surface area contributed by atoms with E-state index in [1.807, 2.05) is 0 Å². The van der Waals surface area contributed by atoms with E-state index in [0.29, 0.717) is 16.7 Å². The Labute approximate surface area is 376 Å². The number of hydrogen-bond acceptors (Lipinski definition) is 12. The Morgan fingerprint density at radius 1 is 0.439 bits per heavy atom. The lowest BCUT2D eigenvalue weighted by Gasteiger charge is -2.39. The lowest BCUT2D eigenvalue weighted by Crippen LogP contribution is -2.44. The molecule has 3 amide bonds. The van der Waals surface area contributed by atoms with Crippen molar-refractivity contribution in [1.82, 2.24) is 0 Å². The Morgan fingerprint density at radius 2 is 0.697 bits per heavy atom. The summed E-state index contributed by atoms with van der Waals surface area (Å²) in [6.45, 7) is -1.18. The van der Waals surface area contributed by atoms with Crippen LogP contribution in [0.25, 0.3) is 0 Å². The molecule has 18 heteroatoms. The third-order valence-corrected chi connectivity index (χ3v) is 10.9.